The van der Waals surface area contributed by atoms with Crippen LogP contribution < -0.4 is 27.4 Å². The van der Waals surface area contributed by atoms with E-state index in [2.05, 4.69) is 29.8 Å². The number of unbranched alkanes of at least 4 members (excludes halogenated alkanes) is 1. The Balaban J connectivity index is 2.13. The first-order valence-electron chi connectivity index (χ1n) is 10.5. The standard InChI is InChI=1S/C21H36ClN5O3/c1-15(2)11-17(24)13-26-20(28)27-18(12-23)8-5-6-10-25-21(29)30-14-16-7-3-4-9-19(16)22/h3-4,7,9,15,17-18H,5-6,8,10-14,23-24H2,1-2H3,(H,25,29)(H2,26,27,28)/t17-,18-/m0/s1. The maximum Gasteiger partial charge on any atom is 0.407 e. The van der Waals surface area contributed by atoms with Crippen molar-refractivity contribution in [1.29, 1.82) is 0 Å². The Morgan fingerprint density at radius 2 is 1.90 bits per heavy atom. The minimum atomic E-state index is -0.486. The van der Waals surface area contributed by atoms with Crippen molar-refractivity contribution in [2.45, 2.75) is 58.2 Å². The van der Waals surface area contributed by atoms with E-state index in [9.17, 15) is 9.59 Å². The fraction of sp³-hybridized carbons (Fsp3) is 0.619. The van der Waals surface area contributed by atoms with Crippen molar-refractivity contribution in [1.82, 2.24) is 16.0 Å². The van der Waals surface area contributed by atoms with E-state index >= 15 is 0 Å². The van der Waals surface area contributed by atoms with Gasteiger partial charge in [0.1, 0.15) is 6.61 Å². The third kappa shape index (κ3) is 11.8. The number of amides is 3. The molecule has 0 aliphatic heterocycles. The van der Waals surface area contributed by atoms with Crippen molar-refractivity contribution in [3.8, 4) is 0 Å². The minimum absolute atomic E-state index is 0.0594. The van der Waals surface area contributed by atoms with E-state index in [1.807, 2.05) is 18.2 Å². The van der Waals surface area contributed by atoms with Crippen LogP contribution in [0.3, 0.4) is 0 Å². The van der Waals surface area contributed by atoms with Crippen molar-refractivity contribution in [3.63, 3.8) is 0 Å². The molecule has 2 atom stereocenters. The van der Waals surface area contributed by atoms with Crippen LogP contribution in [-0.4, -0.2) is 43.8 Å². The summed E-state index contributed by atoms with van der Waals surface area (Å²) in [5, 5.41) is 8.92. The van der Waals surface area contributed by atoms with Gasteiger partial charge in [-0.15, -0.1) is 0 Å². The number of rotatable bonds is 13. The SMILES string of the molecule is CC(C)C[C@H](N)CNC(=O)N[C@H](CN)CCCCNC(=O)OCc1ccccc1Cl. The number of urea groups is 1. The summed E-state index contributed by atoms with van der Waals surface area (Å²) in [6.45, 7) is 5.57. The van der Waals surface area contributed by atoms with Gasteiger partial charge in [-0.2, -0.15) is 0 Å². The number of alkyl carbamates (subject to hydrolysis) is 1. The predicted molar refractivity (Wildman–Crippen MR) is 120 cm³/mol. The van der Waals surface area contributed by atoms with Gasteiger partial charge in [-0.3, -0.25) is 0 Å². The number of nitrogens with two attached hydrogens (primary N) is 2. The molecule has 1 aromatic carbocycles. The molecule has 0 heterocycles. The average molecular weight is 442 g/mol. The number of nitrogens with one attached hydrogen (secondary N) is 3. The van der Waals surface area contributed by atoms with Gasteiger partial charge in [-0.25, -0.2) is 9.59 Å². The van der Waals surface area contributed by atoms with Gasteiger partial charge in [0, 0.05) is 42.3 Å². The van der Waals surface area contributed by atoms with Crippen LogP contribution in [0.15, 0.2) is 24.3 Å². The summed E-state index contributed by atoms with van der Waals surface area (Å²) in [5.74, 6) is 0.490. The first kappa shape index (κ1) is 26.0. The van der Waals surface area contributed by atoms with Crippen LogP contribution in [0.25, 0.3) is 0 Å². The van der Waals surface area contributed by atoms with E-state index in [4.69, 9.17) is 27.8 Å². The van der Waals surface area contributed by atoms with Crippen molar-refractivity contribution < 1.29 is 14.3 Å². The molecule has 0 saturated carbocycles. The average Bonchev–Trinajstić information content (AvgIpc) is 2.70. The van der Waals surface area contributed by atoms with Crippen LogP contribution in [-0.2, 0) is 11.3 Å². The highest BCUT2D eigenvalue weighted by Gasteiger charge is 2.12. The summed E-state index contributed by atoms with van der Waals surface area (Å²) < 4.78 is 5.15. The number of halogens is 1. The third-order valence-corrected chi connectivity index (χ3v) is 4.85. The number of ether oxygens (including phenoxy) is 1. The number of hydrogen-bond donors (Lipinski definition) is 5. The number of carbonyl (C=O) groups is 2. The van der Waals surface area contributed by atoms with Gasteiger partial charge in [0.15, 0.2) is 0 Å². The molecule has 0 spiro atoms. The molecule has 0 bridgehead atoms. The van der Waals surface area contributed by atoms with Crippen LogP contribution in [0, 0.1) is 5.92 Å². The fourth-order valence-electron chi connectivity index (χ4n) is 2.91. The maximum atomic E-state index is 12.0. The molecule has 0 aromatic heterocycles. The van der Waals surface area contributed by atoms with Crippen molar-refractivity contribution in [3.05, 3.63) is 34.9 Å². The lowest BCUT2D eigenvalue weighted by Gasteiger charge is -2.19. The van der Waals surface area contributed by atoms with E-state index in [1.54, 1.807) is 6.07 Å². The Kier molecular flexibility index (Phi) is 12.9. The molecule has 0 aliphatic carbocycles. The fourth-order valence-corrected chi connectivity index (χ4v) is 3.10. The Bertz CT molecular complexity index is 645. The summed E-state index contributed by atoms with van der Waals surface area (Å²) in [5.41, 5.74) is 12.5. The summed E-state index contributed by atoms with van der Waals surface area (Å²) >= 11 is 6.03. The van der Waals surface area contributed by atoms with E-state index in [0.717, 1.165) is 31.2 Å². The highest BCUT2D eigenvalue weighted by molar-refractivity contribution is 6.31. The van der Waals surface area contributed by atoms with E-state index in [-0.39, 0.29) is 24.7 Å². The van der Waals surface area contributed by atoms with E-state index in [0.29, 0.717) is 30.6 Å². The topological polar surface area (TPSA) is 131 Å². The lowest BCUT2D eigenvalue weighted by Crippen LogP contribution is -2.48. The van der Waals surface area contributed by atoms with Crippen molar-refractivity contribution >= 4 is 23.7 Å². The zero-order chi connectivity index (χ0) is 22.4. The van der Waals surface area contributed by atoms with Gasteiger partial charge in [-0.05, 0) is 37.7 Å². The molecule has 7 N–H and O–H groups in total. The van der Waals surface area contributed by atoms with Crippen molar-refractivity contribution in [2.75, 3.05) is 19.6 Å². The number of benzene rings is 1. The molecule has 1 rings (SSSR count). The molecule has 0 saturated heterocycles. The molecule has 30 heavy (non-hydrogen) atoms. The molecule has 8 nitrogen and oxygen atoms in total. The zero-order valence-electron chi connectivity index (χ0n) is 18.0. The third-order valence-electron chi connectivity index (χ3n) is 4.48. The second-order valence-electron chi connectivity index (χ2n) is 7.77. The second-order valence-corrected chi connectivity index (χ2v) is 8.17. The Labute approximate surface area is 184 Å². The monoisotopic (exact) mass is 441 g/mol. The smallest absolute Gasteiger partial charge is 0.407 e. The van der Waals surface area contributed by atoms with Gasteiger partial charge in [0.2, 0.25) is 0 Å². The number of carbonyl (C=O) groups excluding carboxylic acids is 2. The molecular weight excluding hydrogens is 406 g/mol. The van der Waals surface area contributed by atoms with Crippen molar-refractivity contribution in [2.24, 2.45) is 17.4 Å². The molecule has 0 unspecified atom stereocenters. The number of hydrogen-bond acceptors (Lipinski definition) is 5. The molecule has 0 aliphatic rings. The molecule has 1 aromatic rings. The van der Waals surface area contributed by atoms with E-state index < -0.39 is 6.09 Å². The minimum Gasteiger partial charge on any atom is -0.445 e. The largest absolute Gasteiger partial charge is 0.445 e. The lowest BCUT2D eigenvalue weighted by atomic mass is 10.0. The van der Waals surface area contributed by atoms with Crippen LogP contribution >= 0.6 is 11.6 Å². The highest BCUT2D eigenvalue weighted by Crippen LogP contribution is 2.15. The van der Waals surface area contributed by atoms with Gasteiger partial charge >= 0.3 is 12.1 Å². The Hall–Kier alpha value is -2.03. The maximum absolute atomic E-state index is 12.0. The summed E-state index contributed by atoms with van der Waals surface area (Å²) in [6, 6.07) is 6.77. The van der Waals surface area contributed by atoms with Crippen LogP contribution in [0.4, 0.5) is 9.59 Å². The molecule has 3 amide bonds. The van der Waals surface area contributed by atoms with Gasteiger partial charge in [0.25, 0.3) is 0 Å². The normalized spacial score (nSPS) is 12.9. The molecule has 9 heteroatoms. The van der Waals surface area contributed by atoms with Crippen LogP contribution in [0.5, 0.6) is 0 Å². The second kappa shape index (κ2) is 14.9. The lowest BCUT2D eigenvalue weighted by molar-refractivity contribution is 0.139. The summed E-state index contributed by atoms with van der Waals surface area (Å²) in [4.78, 5) is 23.7. The first-order valence-corrected chi connectivity index (χ1v) is 10.8. The van der Waals surface area contributed by atoms with Gasteiger partial charge in [-0.1, -0.05) is 43.6 Å². The predicted octanol–water partition coefficient (Wildman–Crippen LogP) is 2.74. The Morgan fingerprint density at radius 1 is 1.17 bits per heavy atom. The molecule has 0 radical (unpaired) electrons. The molecule has 0 fully saturated rings. The molecular formula is C21H36ClN5O3. The molecule has 170 valence electrons. The van der Waals surface area contributed by atoms with Crippen LogP contribution in [0.1, 0.15) is 45.1 Å². The van der Waals surface area contributed by atoms with Crippen LogP contribution in [0.2, 0.25) is 5.02 Å². The first-order chi connectivity index (χ1) is 14.3. The van der Waals surface area contributed by atoms with Gasteiger partial charge in [0.05, 0.1) is 0 Å². The van der Waals surface area contributed by atoms with E-state index in [1.165, 1.54) is 0 Å². The Morgan fingerprint density at radius 3 is 2.57 bits per heavy atom. The zero-order valence-corrected chi connectivity index (χ0v) is 18.7. The summed E-state index contributed by atoms with van der Waals surface area (Å²) in [6.07, 6.45) is 2.65. The highest BCUT2D eigenvalue weighted by atomic mass is 35.5. The quantitative estimate of drug-likeness (QED) is 0.300. The van der Waals surface area contributed by atoms with Gasteiger partial charge < -0.3 is 32.2 Å². The summed E-state index contributed by atoms with van der Waals surface area (Å²) in [7, 11) is 0.